The van der Waals surface area contributed by atoms with E-state index in [1.54, 1.807) is 45.0 Å². The first kappa shape index (κ1) is 21.5. The summed E-state index contributed by atoms with van der Waals surface area (Å²) in [7, 11) is -3.81. The Morgan fingerprint density at radius 3 is 2.30 bits per heavy atom. The van der Waals surface area contributed by atoms with Gasteiger partial charge in [-0.2, -0.15) is 4.72 Å². The number of benzene rings is 1. The fraction of sp³-hybridized carbons (Fsp3) is 0.652. The van der Waals surface area contributed by atoms with Gasteiger partial charge in [0.05, 0.1) is 10.4 Å². The van der Waals surface area contributed by atoms with E-state index in [-0.39, 0.29) is 27.9 Å². The van der Waals surface area contributed by atoms with Gasteiger partial charge in [-0.15, -0.1) is 0 Å². The maximum Gasteiger partial charge on any atom is 0.241 e. The predicted molar refractivity (Wildman–Crippen MR) is 114 cm³/mol. The predicted octanol–water partition coefficient (Wildman–Crippen LogP) is 2.94. The number of carbonyl (C=O) groups is 2. The number of rotatable bonds is 7. The van der Waals surface area contributed by atoms with Crippen LogP contribution in [0.15, 0.2) is 29.2 Å². The summed E-state index contributed by atoms with van der Waals surface area (Å²) in [4.78, 5) is 25.6. The molecular formula is C23H32N2O4S. The van der Waals surface area contributed by atoms with Crippen molar-refractivity contribution in [1.82, 2.24) is 4.72 Å². The van der Waals surface area contributed by atoms with Crippen molar-refractivity contribution in [2.45, 2.75) is 69.7 Å². The maximum atomic E-state index is 13.2. The van der Waals surface area contributed by atoms with Gasteiger partial charge in [0.15, 0.2) is 5.78 Å². The van der Waals surface area contributed by atoms with Crippen molar-refractivity contribution < 1.29 is 18.0 Å². The van der Waals surface area contributed by atoms with Crippen molar-refractivity contribution in [2.75, 3.05) is 0 Å². The number of aryl methyl sites for hydroxylation is 1. The van der Waals surface area contributed by atoms with Crippen molar-refractivity contribution in [3.05, 3.63) is 29.8 Å². The SMILES string of the molecule is Cc1ccccc1S(=O)(=O)NC(C)(C)C(=O)CC1C2CC3CC1CC(C(N)=O)(C3)C2. The van der Waals surface area contributed by atoms with E-state index < -0.39 is 15.6 Å². The number of ketones is 1. The molecule has 0 radical (unpaired) electrons. The molecule has 0 heterocycles. The van der Waals surface area contributed by atoms with Crippen molar-refractivity contribution in [3.8, 4) is 0 Å². The highest BCUT2D eigenvalue weighted by Gasteiger charge is 2.58. The van der Waals surface area contributed by atoms with Crippen LogP contribution >= 0.6 is 0 Å². The van der Waals surface area contributed by atoms with Crippen LogP contribution in [0.3, 0.4) is 0 Å². The molecule has 1 amide bonds. The first-order valence-corrected chi connectivity index (χ1v) is 12.3. The molecule has 3 N–H and O–H groups in total. The third kappa shape index (κ3) is 3.60. The topological polar surface area (TPSA) is 106 Å². The van der Waals surface area contributed by atoms with Gasteiger partial charge in [-0.25, -0.2) is 8.42 Å². The zero-order chi connectivity index (χ0) is 21.9. The van der Waals surface area contributed by atoms with E-state index in [1.165, 1.54) is 0 Å². The highest BCUT2D eigenvalue weighted by Crippen LogP contribution is 2.62. The number of Topliss-reactive ketones (excluding diaryl/α,β-unsaturated/α-hetero) is 1. The first-order valence-electron chi connectivity index (χ1n) is 10.9. The molecule has 2 unspecified atom stereocenters. The average Bonchev–Trinajstić information content (AvgIpc) is 2.63. The Bertz CT molecular complexity index is 969. The Hall–Kier alpha value is -1.73. The molecule has 1 aromatic rings. The minimum Gasteiger partial charge on any atom is -0.369 e. The summed E-state index contributed by atoms with van der Waals surface area (Å²) < 4.78 is 28.5. The maximum absolute atomic E-state index is 13.2. The van der Waals surface area contributed by atoms with Gasteiger partial charge >= 0.3 is 0 Å². The number of hydrogen-bond donors (Lipinski definition) is 2. The normalized spacial score (nSPS) is 32.9. The lowest BCUT2D eigenvalue weighted by Crippen LogP contribution is -2.57. The third-order valence-corrected chi connectivity index (χ3v) is 9.70. The third-order valence-electron chi connectivity index (χ3n) is 7.88. The van der Waals surface area contributed by atoms with E-state index in [0.29, 0.717) is 29.7 Å². The summed E-state index contributed by atoms with van der Waals surface area (Å²) in [6, 6.07) is 6.77. The molecule has 0 aromatic heterocycles. The molecule has 6 nitrogen and oxygen atoms in total. The average molecular weight is 433 g/mol. The lowest BCUT2D eigenvalue weighted by atomic mass is 9.45. The van der Waals surface area contributed by atoms with Crippen LogP contribution in [0.4, 0.5) is 0 Å². The van der Waals surface area contributed by atoms with Crippen molar-refractivity contribution in [2.24, 2.45) is 34.8 Å². The van der Waals surface area contributed by atoms with Crippen LogP contribution in [-0.4, -0.2) is 25.6 Å². The Morgan fingerprint density at radius 2 is 1.73 bits per heavy atom. The molecule has 164 valence electrons. The smallest absolute Gasteiger partial charge is 0.241 e. The van der Waals surface area contributed by atoms with Crippen molar-refractivity contribution in [1.29, 1.82) is 0 Å². The molecule has 2 atom stereocenters. The second-order valence-corrected chi connectivity index (χ2v) is 12.1. The van der Waals surface area contributed by atoms with Gasteiger partial charge in [0.25, 0.3) is 0 Å². The fourth-order valence-corrected chi connectivity index (χ4v) is 8.18. The Balaban J connectivity index is 1.49. The minimum absolute atomic E-state index is 0.0924. The van der Waals surface area contributed by atoms with Crippen molar-refractivity contribution >= 4 is 21.7 Å². The second-order valence-electron chi connectivity index (χ2n) is 10.4. The number of hydrogen-bond acceptors (Lipinski definition) is 4. The number of nitrogens with two attached hydrogens (primary N) is 1. The zero-order valence-electron chi connectivity index (χ0n) is 18.0. The Kier molecular flexibility index (Phi) is 5.13. The summed E-state index contributed by atoms with van der Waals surface area (Å²) in [5.41, 5.74) is 4.83. The molecule has 4 fully saturated rings. The number of primary amides is 1. The Morgan fingerprint density at radius 1 is 1.13 bits per heavy atom. The van der Waals surface area contributed by atoms with Gasteiger partial charge < -0.3 is 5.73 Å². The first-order chi connectivity index (χ1) is 13.9. The van der Waals surface area contributed by atoms with Crippen LogP contribution in [0.5, 0.6) is 0 Å². The van der Waals surface area contributed by atoms with Gasteiger partial charge in [0.2, 0.25) is 15.9 Å². The number of nitrogens with one attached hydrogen (secondary N) is 1. The largest absolute Gasteiger partial charge is 0.369 e. The highest BCUT2D eigenvalue weighted by molar-refractivity contribution is 7.89. The van der Waals surface area contributed by atoms with Gasteiger partial charge in [0.1, 0.15) is 0 Å². The number of carbonyl (C=O) groups excluding carboxylic acids is 2. The van der Waals surface area contributed by atoms with Gasteiger partial charge in [-0.3, -0.25) is 9.59 Å². The van der Waals surface area contributed by atoms with E-state index >= 15 is 0 Å². The Labute approximate surface area is 179 Å². The quantitative estimate of drug-likeness (QED) is 0.691. The fourth-order valence-electron chi connectivity index (χ4n) is 6.54. The molecule has 30 heavy (non-hydrogen) atoms. The molecule has 4 saturated carbocycles. The van der Waals surface area contributed by atoms with E-state index in [1.807, 2.05) is 0 Å². The molecule has 7 heteroatoms. The summed E-state index contributed by atoms with van der Waals surface area (Å²) in [6.07, 6.45) is 4.92. The van der Waals surface area contributed by atoms with Crippen LogP contribution < -0.4 is 10.5 Å². The van der Waals surface area contributed by atoms with Gasteiger partial charge in [-0.1, -0.05) is 18.2 Å². The van der Waals surface area contributed by atoms with Gasteiger partial charge in [0, 0.05) is 11.8 Å². The van der Waals surface area contributed by atoms with E-state index in [2.05, 4.69) is 4.72 Å². The minimum atomic E-state index is -3.81. The summed E-state index contributed by atoms with van der Waals surface area (Å²) >= 11 is 0. The van der Waals surface area contributed by atoms with E-state index in [9.17, 15) is 18.0 Å². The molecule has 0 saturated heterocycles. The standard InChI is InChI=1S/C23H32N2O4S/c1-14-6-4-5-7-19(14)30(28,29)25-22(2,3)20(26)10-18-16-8-15-9-17(18)13-23(11-15,12-16)21(24)27/h4-7,15-18,25H,8-13H2,1-3H3,(H2,24,27). The van der Waals surface area contributed by atoms with Crippen molar-refractivity contribution in [3.63, 3.8) is 0 Å². The molecular weight excluding hydrogens is 400 g/mol. The molecule has 0 aliphatic heterocycles. The van der Waals surface area contributed by atoms with Crippen LogP contribution in [0.1, 0.15) is 57.9 Å². The molecule has 4 aliphatic rings. The number of amides is 1. The lowest BCUT2D eigenvalue weighted by Gasteiger charge is -2.59. The summed E-state index contributed by atoms with van der Waals surface area (Å²) in [6.45, 7) is 5.03. The van der Waals surface area contributed by atoms with Crippen LogP contribution in [0.2, 0.25) is 0 Å². The van der Waals surface area contributed by atoms with E-state index in [4.69, 9.17) is 5.73 Å². The lowest BCUT2D eigenvalue weighted by molar-refractivity contribution is -0.152. The molecule has 0 spiro atoms. The summed E-state index contributed by atoms with van der Waals surface area (Å²) in [5, 5.41) is 0. The van der Waals surface area contributed by atoms with Gasteiger partial charge in [-0.05, 0) is 88.2 Å². The molecule has 4 aliphatic carbocycles. The van der Waals surface area contributed by atoms with Crippen LogP contribution in [0, 0.1) is 36.0 Å². The zero-order valence-corrected chi connectivity index (χ0v) is 18.8. The monoisotopic (exact) mass is 432 g/mol. The molecule has 4 bridgehead atoms. The number of sulfonamides is 1. The second kappa shape index (κ2) is 7.16. The molecule has 5 rings (SSSR count). The van der Waals surface area contributed by atoms with E-state index in [0.717, 1.165) is 32.1 Å². The molecule has 1 aromatic carbocycles. The van der Waals surface area contributed by atoms with Crippen LogP contribution in [0.25, 0.3) is 0 Å². The summed E-state index contributed by atoms with van der Waals surface area (Å²) in [5.74, 6) is 1.13. The highest BCUT2D eigenvalue weighted by atomic mass is 32.2. The van der Waals surface area contributed by atoms with Crippen LogP contribution in [-0.2, 0) is 19.6 Å².